The summed E-state index contributed by atoms with van der Waals surface area (Å²) in [5.74, 6) is -0.226. The number of nitrogens with one attached hydrogen (secondary N) is 1. The Kier molecular flexibility index (Phi) is 5.01. The zero-order valence-electron chi connectivity index (χ0n) is 11.0. The summed E-state index contributed by atoms with van der Waals surface area (Å²) in [6.07, 6.45) is 0.190. The standard InChI is InChI=1S/C14H17FN2OS/c1-10(18-2)7-16-8-13-9-19-14(17-13)11-3-5-12(15)6-4-11/h3-6,9-10,16H,7-8H2,1-2H3. The van der Waals surface area contributed by atoms with Gasteiger partial charge in [-0.05, 0) is 31.2 Å². The van der Waals surface area contributed by atoms with Gasteiger partial charge in [0.25, 0.3) is 0 Å². The molecule has 0 radical (unpaired) electrons. The molecule has 2 rings (SSSR count). The predicted molar refractivity (Wildman–Crippen MR) is 75.7 cm³/mol. The molecule has 0 aliphatic heterocycles. The summed E-state index contributed by atoms with van der Waals surface area (Å²) in [5, 5.41) is 6.22. The van der Waals surface area contributed by atoms with Crippen molar-refractivity contribution in [2.24, 2.45) is 0 Å². The lowest BCUT2D eigenvalue weighted by molar-refractivity contribution is 0.117. The van der Waals surface area contributed by atoms with Crippen molar-refractivity contribution in [1.29, 1.82) is 0 Å². The molecule has 0 spiro atoms. The molecule has 0 saturated carbocycles. The summed E-state index contributed by atoms with van der Waals surface area (Å²) in [6, 6.07) is 6.40. The van der Waals surface area contributed by atoms with Gasteiger partial charge in [0.15, 0.2) is 0 Å². The Morgan fingerprint density at radius 2 is 2.11 bits per heavy atom. The van der Waals surface area contributed by atoms with Crippen molar-refractivity contribution in [2.75, 3.05) is 13.7 Å². The van der Waals surface area contributed by atoms with Crippen LogP contribution in [0, 0.1) is 5.82 Å². The van der Waals surface area contributed by atoms with E-state index in [9.17, 15) is 4.39 Å². The smallest absolute Gasteiger partial charge is 0.123 e. The quantitative estimate of drug-likeness (QED) is 0.883. The number of ether oxygens (including phenoxy) is 1. The molecule has 0 fully saturated rings. The first kappa shape index (κ1) is 14.1. The second kappa shape index (κ2) is 6.75. The number of benzene rings is 1. The fraction of sp³-hybridized carbons (Fsp3) is 0.357. The van der Waals surface area contributed by atoms with Crippen LogP contribution >= 0.6 is 11.3 Å². The molecular formula is C14H17FN2OS. The SMILES string of the molecule is COC(C)CNCc1csc(-c2ccc(F)cc2)n1. The average Bonchev–Trinajstić information content (AvgIpc) is 2.88. The summed E-state index contributed by atoms with van der Waals surface area (Å²) in [7, 11) is 1.70. The highest BCUT2D eigenvalue weighted by Gasteiger charge is 2.05. The van der Waals surface area contributed by atoms with Gasteiger partial charge >= 0.3 is 0 Å². The van der Waals surface area contributed by atoms with Gasteiger partial charge in [0.05, 0.1) is 11.8 Å². The Morgan fingerprint density at radius 3 is 2.79 bits per heavy atom. The van der Waals surface area contributed by atoms with Crippen LogP contribution in [0.2, 0.25) is 0 Å². The van der Waals surface area contributed by atoms with Gasteiger partial charge in [-0.15, -0.1) is 11.3 Å². The zero-order chi connectivity index (χ0) is 13.7. The number of halogens is 1. The maximum atomic E-state index is 12.8. The molecule has 1 aromatic carbocycles. The van der Waals surface area contributed by atoms with Gasteiger partial charge < -0.3 is 10.1 Å². The molecule has 1 heterocycles. The fourth-order valence-corrected chi connectivity index (χ4v) is 2.43. The third-order valence-corrected chi connectivity index (χ3v) is 3.72. The van der Waals surface area contributed by atoms with Crippen LogP contribution in [0.15, 0.2) is 29.6 Å². The molecule has 102 valence electrons. The molecular weight excluding hydrogens is 263 g/mol. The number of rotatable bonds is 6. The first-order valence-electron chi connectivity index (χ1n) is 6.13. The highest BCUT2D eigenvalue weighted by Crippen LogP contribution is 2.23. The molecule has 2 aromatic rings. The van der Waals surface area contributed by atoms with Crippen LogP contribution in [0.25, 0.3) is 10.6 Å². The summed E-state index contributed by atoms with van der Waals surface area (Å²) in [6.45, 7) is 3.52. The van der Waals surface area contributed by atoms with Gasteiger partial charge in [-0.3, -0.25) is 0 Å². The molecule has 0 bridgehead atoms. The number of nitrogens with zero attached hydrogens (tertiary/aromatic N) is 1. The van der Waals surface area contributed by atoms with Gasteiger partial charge in [-0.1, -0.05) is 0 Å². The summed E-state index contributed by atoms with van der Waals surface area (Å²) >= 11 is 1.57. The Morgan fingerprint density at radius 1 is 1.37 bits per heavy atom. The zero-order valence-corrected chi connectivity index (χ0v) is 11.8. The van der Waals surface area contributed by atoms with E-state index >= 15 is 0 Å². The molecule has 19 heavy (non-hydrogen) atoms. The molecule has 0 aliphatic carbocycles. The van der Waals surface area contributed by atoms with E-state index in [1.54, 1.807) is 30.6 Å². The minimum atomic E-state index is -0.226. The lowest BCUT2D eigenvalue weighted by Gasteiger charge is -2.09. The van der Waals surface area contributed by atoms with E-state index in [0.29, 0.717) is 6.54 Å². The maximum Gasteiger partial charge on any atom is 0.123 e. The van der Waals surface area contributed by atoms with Crippen LogP contribution in [-0.4, -0.2) is 24.7 Å². The normalized spacial score (nSPS) is 12.6. The average molecular weight is 280 g/mol. The van der Waals surface area contributed by atoms with Gasteiger partial charge in [0.1, 0.15) is 10.8 Å². The van der Waals surface area contributed by atoms with Crippen molar-refractivity contribution >= 4 is 11.3 Å². The van der Waals surface area contributed by atoms with E-state index in [-0.39, 0.29) is 11.9 Å². The van der Waals surface area contributed by atoms with Crippen molar-refractivity contribution < 1.29 is 9.13 Å². The number of hydrogen-bond acceptors (Lipinski definition) is 4. The minimum absolute atomic E-state index is 0.190. The molecule has 0 aliphatic rings. The molecule has 3 nitrogen and oxygen atoms in total. The first-order valence-corrected chi connectivity index (χ1v) is 7.01. The third-order valence-electron chi connectivity index (χ3n) is 2.78. The minimum Gasteiger partial charge on any atom is -0.380 e. The number of thiazole rings is 1. The topological polar surface area (TPSA) is 34.1 Å². The van der Waals surface area contributed by atoms with Crippen LogP contribution in [0.1, 0.15) is 12.6 Å². The second-order valence-electron chi connectivity index (χ2n) is 4.33. The van der Waals surface area contributed by atoms with Crippen LogP contribution in [0.3, 0.4) is 0 Å². The first-order chi connectivity index (χ1) is 9.19. The van der Waals surface area contributed by atoms with Crippen LogP contribution in [0.4, 0.5) is 4.39 Å². The number of hydrogen-bond donors (Lipinski definition) is 1. The van der Waals surface area contributed by atoms with Crippen molar-refractivity contribution in [1.82, 2.24) is 10.3 Å². The van der Waals surface area contributed by atoms with Gasteiger partial charge in [-0.25, -0.2) is 9.37 Å². The summed E-state index contributed by atoms with van der Waals surface area (Å²) in [4.78, 5) is 4.53. The van der Waals surface area contributed by atoms with Crippen molar-refractivity contribution in [2.45, 2.75) is 19.6 Å². The lowest BCUT2D eigenvalue weighted by Crippen LogP contribution is -2.25. The molecule has 5 heteroatoms. The summed E-state index contributed by atoms with van der Waals surface area (Å²) < 4.78 is 18.0. The Balaban J connectivity index is 1.93. The van der Waals surface area contributed by atoms with Gasteiger partial charge in [-0.2, -0.15) is 0 Å². The van der Waals surface area contributed by atoms with Crippen LogP contribution in [-0.2, 0) is 11.3 Å². The van der Waals surface area contributed by atoms with Gasteiger partial charge in [0, 0.05) is 31.1 Å². The second-order valence-corrected chi connectivity index (χ2v) is 5.19. The van der Waals surface area contributed by atoms with Crippen LogP contribution < -0.4 is 5.32 Å². The molecule has 0 saturated heterocycles. The van der Waals surface area contributed by atoms with Crippen molar-refractivity contribution in [3.05, 3.63) is 41.2 Å². The fourth-order valence-electron chi connectivity index (χ4n) is 1.60. The highest BCUT2D eigenvalue weighted by molar-refractivity contribution is 7.13. The summed E-state index contributed by atoms with van der Waals surface area (Å²) in [5.41, 5.74) is 1.94. The molecule has 1 aromatic heterocycles. The van der Waals surface area contributed by atoms with Crippen molar-refractivity contribution in [3.8, 4) is 10.6 Å². The Bertz CT molecular complexity index is 512. The third kappa shape index (κ3) is 4.09. The monoisotopic (exact) mass is 280 g/mol. The number of methoxy groups -OCH3 is 1. The van der Waals surface area contributed by atoms with E-state index in [1.165, 1.54) is 12.1 Å². The predicted octanol–water partition coefficient (Wildman–Crippen LogP) is 3.07. The molecule has 0 amide bonds. The van der Waals surface area contributed by atoms with E-state index in [2.05, 4.69) is 10.3 Å². The maximum absolute atomic E-state index is 12.8. The van der Waals surface area contributed by atoms with E-state index in [4.69, 9.17) is 4.74 Å². The molecule has 1 N–H and O–H groups in total. The van der Waals surface area contributed by atoms with Gasteiger partial charge in [0.2, 0.25) is 0 Å². The highest BCUT2D eigenvalue weighted by atomic mass is 32.1. The van der Waals surface area contributed by atoms with Crippen LogP contribution in [0.5, 0.6) is 0 Å². The van der Waals surface area contributed by atoms with E-state index < -0.39 is 0 Å². The molecule has 1 unspecified atom stereocenters. The molecule has 1 atom stereocenters. The largest absolute Gasteiger partial charge is 0.380 e. The van der Waals surface area contributed by atoms with E-state index in [1.807, 2.05) is 12.3 Å². The van der Waals surface area contributed by atoms with Crippen molar-refractivity contribution in [3.63, 3.8) is 0 Å². The Labute approximate surface area is 116 Å². The Hall–Kier alpha value is -1.30. The lowest BCUT2D eigenvalue weighted by atomic mass is 10.2. The van der Waals surface area contributed by atoms with E-state index in [0.717, 1.165) is 22.8 Å². The number of aromatic nitrogens is 1.